The Bertz CT molecular complexity index is 693. The Kier molecular flexibility index (Phi) is 6.78. The smallest absolute Gasteiger partial charge is 0.409 e. The Morgan fingerprint density at radius 2 is 1.71 bits per heavy atom. The molecule has 0 aromatic heterocycles. The lowest BCUT2D eigenvalue weighted by Crippen LogP contribution is -2.55. The first-order chi connectivity index (χ1) is 13.5. The Balaban J connectivity index is 1.45. The maximum absolute atomic E-state index is 12.6. The van der Waals surface area contributed by atoms with E-state index in [1.54, 1.807) is 4.90 Å². The number of carbonyl (C=O) groups is 2. The van der Waals surface area contributed by atoms with Crippen molar-refractivity contribution in [3.8, 4) is 0 Å². The second-order valence-electron chi connectivity index (χ2n) is 7.62. The van der Waals surface area contributed by atoms with Crippen LogP contribution in [-0.4, -0.2) is 78.7 Å². The Hall–Kier alpha value is -2.28. The number of piperidine rings is 1. The Morgan fingerprint density at radius 1 is 1.04 bits per heavy atom. The molecule has 2 aliphatic heterocycles. The van der Waals surface area contributed by atoms with Crippen molar-refractivity contribution in [1.82, 2.24) is 14.7 Å². The van der Waals surface area contributed by atoms with Crippen LogP contribution >= 0.6 is 0 Å². The molecular formula is C21H32N4O3. The molecule has 0 radical (unpaired) electrons. The molecule has 0 unspecified atom stereocenters. The highest BCUT2D eigenvalue weighted by Crippen LogP contribution is 2.21. The van der Waals surface area contributed by atoms with Gasteiger partial charge in [-0.2, -0.15) is 0 Å². The summed E-state index contributed by atoms with van der Waals surface area (Å²) in [6.07, 6.45) is 1.73. The minimum atomic E-state index is -0.200. The fourth-order valence-electron chi connectivity index (χ4n) is 4.00. The molecule has 0 bridgehead atoms. The largest absolute Gasteiger partial charge is 0.450 e. The molecule has 2 fully saturated rings. The van der Waals surface area contributed by atoms with E-state index >= 15 is 0 Å². The summed E-state index contributed by atoms with van der Waals surface area (Å²) in [5.41, 5.74) is 3.18. The van der Waals surface area contributed by atoms with Gasteiger partial charge < -0.3 is 19.9 Å². The van der Waals surface area contributed by atoms with Crippen LogP contribution in [0.3, 0.4) is 0 Å². The van der Waals surface area contributed by atoms with Crippen molar-refractivity contribution >= 4 is 17.8 Å². The maximum Gasteiger partial charge on any atom is 0.409 e. The average Bonchev–Trinajstić information content (AvgIpc) is 2.72. The van der Waals surface area contributed by atoms with Gasteiger partial charge in [0.2, 0.25) is 0 Å². The van der Waals surface area contributed by atoms with E-state index < -0.39 is 0 Å². The summed E-state index contributed by atoms with van der Waals surface area (Å²) in [6, 6.07) is 6.43. The molecule has 0 saturated carbocycles. The van der Waals surface area contributed by atoms with E-state index in [1.165, 1.54) is 5.56 Å². The minimum absolute atomic E-state index is 0.0227. The van der Waals surface area contributed by atoms with Crippen LogP contribution in [0.15, 0.2) is 18.2 Å². The van der Waals surface area contributed by atoms with E-state index in [0.29, 0.717) is 12.6 Å². The third-order valence-corrected chi connectivity index (χ3v) is 5.95. The van der Waals surface area contributed by atoms with Crippen molar-refractivity contribution in [2.75, 3.05) is 51.2 Å². The molecule has 28 heavy (non-hydrogen) atoms. The van der Waals surface area contributed by atoms with Crippen LogP contribution in [0, 0.1) is 13.8 Å². The molecule has 2 saturated heterocycles. The molecule has 1 N–H and O–H groups in total. The number of nitrogens with zero attached hydrogens (tertiary/aromatic N) is 3. The highest BCUT2D eigenvalue weighted by Gasteiger charge is 2.30. The zero-order valence-corrected chi connectivity index (χ0v) is 17.2. The first-order valence-corrected chi connectivity index (χ1v) is 10.3. The summed E-state index contributed by atoms with van der Waals surface area (Å²) < 4.78 is 5.09. The van der Waals surface area contributed by atoms with Crippen LogP contribution in [0.5, 0.6) is 0 Å². The van der Waals surface area contributed by atoms with Crippen molar-refractivity contribution in [2.45, 2.75) is 39.7 Å². The average molecular weight is 389 g/mol. The lowest BCUT2D eigenvalue weighted by atomic mass is 10.0. The third kappa shape index (κ3) is 4.76. The molecule has 3 amide bonds. The fraction of sp³-hybridized carbons (Fsp3) is 0.619. The van der Waals surface area contributed by atoms with Crippen molar-refractivity contribution in [2.24, 2.45) is 0 Å². The summed E-state index contributed by atoms with van der Waals surface area (Å²) >= 11 is 0. The molecule has 7 heteroatoms. The van der Waals surface area contributed by atoms with E-state index in [-0.39, 0.29) is 12.1 Å². The molecule has 0 aliphatic carbocycles. The highest BCUT2D eigenvalue weighted by molar-refractivity contribution is 5.90. The molecule has 0 spiro atoms. The summed E-state index contributed by atoms with van der Waals surface area (Å²) in [5.74, 6) is 0. The predicted molar refractivity (Wildman–Crippen MR) is 110 cm³/mol. The summed E-state index contributed by atoms with van der Waals surface area (Å²) in [4.78, 5) is 30.6. The van der Waals surface area contributed by atoms with Crippen molar-refractivity contribution < 1.29 is 14.3 Å². The van der Waals surface area contributed by atoms with E-state index in [9.17, 15) is 9.59 Å². The fourth-order valence-corrected chi connectivity index (χ4v) is 4.00. The normalized spacial score (nSPS) is 18.8. The number of anilines is 1. The lowest BCUT2D eigenvalue weighted by Gasteiger charge is -2.42. The standard InChI is InChI=1S/C21H32N4O3/c1-4-28-21(27)25-10-8-18(9-11-25)23-12-14-24(15-13-23)20(26)22-19-7-5-6-16(2)17(19)3/h5-7,18H,4,8-15H2,1-3H3,(H,22,26). The minimum Gasteiger partial charge on any atom is -0.450 e. The second-order valence-corrected chi connectivity index (χ2v) is 7.62. The SMILES string of the molecule is CCOC(=O)N1CCC(N2CCN(C(=O)Nc3cccc(C)c3C)CC2)CC1. The van der Waals surface area contributed by atoms with E-state index in [0.717, 1.165) is 63.4 Å². The van der Waals surface area contributed by atoms with Gasteiger partial charge in [-0.15, -0.1) is 0 Å². The monoisotopic (exact) mass is 388 g/mol. The summed E-state index contributed by atoms with van der Waals surface area (Å²) in [6.45, 7) is 11.1. The van der Waals surface area contributed by atoms with Gasteiger partial charge >= 0.3 is 12.1 Å². The van der Waals surface area contributed by atoms with Gasteiger partial charge in [-0.25, -0.2) is 9.59 Å². The number of likely N-dealkylation sites (tertiary alicyclic amines) is 1. The molecule has 3 rings (SSSR count). The van der Waals surface area contributed by atoms with E-state index in [4.69, 9.17) is 4.74 Å². The molecule has 1 aromatic carbocycles. The van der Waals surface area contributed by atoms with Gasteiger partial charge in [0.1, 0.15) is 0 Å². The first kappa shape index (κ1) is 20.5. The maximum atomic E-state index is 12.6. The number of aryl methyl sites for hydroxylation is 1. The zero-order chi connectivity index (χ0) is 20.1. The quantitative estimate of drug-likeness (QED) is 0.864. The molecule has 0 atom stereocenters. The third-order valence-electron chi connectivity index (χ3n) is 5.95. The molecule has 1 aromatic rings. The number of piperazine rings is 1. The van der Waals surface area contributed by atoms with Gasteiger partial charge in [0, 0.05) is 51.0 Å². The highest BCUT2D eigenvalue weighted by atomic mass is 16.6. The van der Waals surface area contributed by atoms with Crippen molar-refractivity contribution in [3.05, 3.63) is 29.3 Å². The number of rotatable bonds is 3. The number of urea groups is 1. The molecular weight excluding hydrogens is 356 g/mol. The summed E-state index contributed by atoms with van der Waals surface area (Å²) in [5, 5.41) is 3.06. The van der Waals surface area contributed by atoms with E-state index in [1.807, 2.05) is 30.9 Å². The van der Waals surface area contributed by atoms with Gasteiger partial charge in [-0.05, 0) is 50.8 Å². The number of carbonyl (C=O) groups excluding carboxylic acids is 2. The van der Waals surface area contributed by atoms with Gasteiger partial charge in [-0.1, -0.05) is 12.1 Å². The number of amides is 3. The van der Waals surface area contributed by atoms with Gasteiger partial charge in [0.15, 0.2) is 0 Å². The van der Waals surface area contributed by atoms with Crippen LogP contribution in [0.2, 0.25) is 0 Å². The molecule has 7 nitrogen and oxygen atoms in total. The van der Waals surface area contributed by atoms with Crippen LogP contribution in [0.1, 0.15) is 30.9 Å². The topological polar surface area (TPSA) is 65.1 Å². The molecule has 2 aliphatic rings. The number of ether oxygens (including phenoxy) is 1. The lowest BCUT2D eigenvalue weighted by molar-refractivity contribution is 0.0581. The number of hydrogen-bond acceptors (Lipinski definition) is 4. The second kappa shape index (κ2) is 9.28. The van der Waals surface area contributed by atoms with Crippen molar-refractivity contribution in [1.29, 1.82) is 0 Å². The van der Waals surface area contributed by atoms with Crippen molar-refractivity contribution in [3.63, 3.8) is 0 Å². The number of hydrogen-bond donors (Lipinski definition) is 1. The molecule has 2 heterocycles. The zero-order valence-electron chi connectivity index (χ0n) is 17.2. The Morgan fingerprint density at radius 3 is 2.36 bits per heavy atom. The van der Waals surface area contributed by atoms with Crippen LogP contribution < -0.4 is 5.32 Å². The first-order valence-electron chi connectivity index (χ1n) is 10.3. The number of nitrogens with one attached hydrogen (secondary N) is 1. The predicted octanol–water partition coefficient (Wildman–Crippen LogP) is 3.07. The van der Waals surface area contributed by atoms with Crippen LogP contribution in [-0.2, 0) is 4.74 Å². The summed E-state index contributed by atoms with van der Waals surface area (Å²) in [7, 11) is 0. The Labute approximate surface area is 167 Å². The van der Waals surface area contributed by atoms with E-state index in [2.05, 4.69) is 23.2 Å². The molecule has 154 valence electrons. The van der Waals surface area contributed by atoms with Crippen LogP contribution in [0.4, 0.5) is 15.3 Å². The number of benzene rings is 1. The van der Waals surface area contributed by atoms with Crippen LogP contribution in [0.25, 0.3) is 0 Å². The van der Waals surface area contributed by atoms with Gasteiger partial charge in [0.25, 0.3) is 0 Å². The van der Waals surface area contributed by atoms with Gasteiger partial charge in [-0.3, -0.25) is 4.90 Å². The van der Waals surface area contributed by atoms with Gasteiger partial charge in [0.05, 0.1) is 6.61 Å².